The molecule has 0 aliphatic heterocycles. The Labute approximate surface area is 137 Å². The largest absolute Gasteiger partial charge is 0.392 e. The van der Waals surface area contributed by atoms with E-state index in [4.69, 9.17) is 5.11 Å². The molecule has 0 saturated heterocycles. The van der Waals surface area contributed by atoms with Gasteiger partial charge >= 0.3 is 0 Å². The molecule has 2 nitrogen and oxygen atoms in total. The molecule has 2 unspecified atom stereocenters. The van der Waals surface area contributed by atoms with E-state index in [1.807, 2.05) is 57.2 Å². The fourth-order valence-electron chi connectivity index (χ4n) is 2.00. The summed E-state index contributed by atoms with van der Waals surface area (Å²) >= 11 is 6.93. The highest BCUT2D eigenvalue weighted by Crippen LogP contribution is 2.39. The summed E-state index contributed by atoms with van der Waals surface area (Å²) in [5, 5.41) is 18.4. The minimum absolute atomic E-state index is 0.140. The van der Waals surface area contributed by atoms with E-state index < -0.39 is 6.10 Å². The molecule has 0 spiro atoms. The normalized spacial score (nSPS) is 25.8. The van der Waals surface area contributed by atoms with Gasteiger partial charge in [-0.15, -0.1) is 0 Å². The average Bonchev–Trinajstić information content (AvgIpc) is 2.44. The quantitative estimate of drug-likeness (QED) is 0.686. The second-order valence-corrected chi connectivity index (χ2v) is 7.52. The molecule has 1 aromatic rings. The van der Waals surface area contributed by atoms with E-state index in [0.29, 0.717) is 0 Å². The lowest BCUT2D eigenvalue weighted by molar-refractivity contribution is 0.188. The van der Waals surface area contributed by atoms with Gasteiger partial charge in [-0.1, -0.05) is 68.3 Å². The number of aliphatic hydroxyl groups is 2. The maximum atomic E-state index is 9.81. The molecule has 0 heterocycles. The number of halogens is 2. The Hall–Kier alpha value is -0.420. The highest BCUT2D eigenvalue weighted by Gasteiger charge is 2.33. The molecular formula is C16H20Br2O2. The van der Waals surface area contributed by atoms with Gasteiger partial charge in [0, 0.05) is 4.48 Å². The van der Waals surface area contributed by atoms with Crippen LogP contribution in [-0.2, 0) is 6.61 Å². The third kappa shape index (κ3) is 4.55. The van der Waals surface area contributed by atoms with E-state index in [0.717, 1.165) is 21.2 Å². The van der Waals surface area contributed by atoms with Crippen molar-refractivity contribution < 1.29 is 10.2 Å². The lowest BCUT2D eigenvalue weighted by Gasteiger charge is -2.31. The van der Waals surface area contributed by atoms with Crippen molar-refractivity contribution in [2.45, 2.75) is 37.8 Å². The number of aliphatic hydroxyl groups excluding tert-OH is 2. The molecule has 0 amide bonds. The van der Waals surface area contributed by atoms with Gasteiger partial charge in [-0.2, -0.15) is 0 Å². The molecule has 4 heteroatoms. The van der Waals surface area contributed by atoms with Crippen LogP contribution in [0.2, 0.25) is 0 Å². The number of alkyl halides is 1. The zero-order chi connectivity index (χ0) is 15.3. The Kier molecular flexibility index (Phi) is 6.65. The predicted molar refractivity (Wildman–Crippen MR) is 91.1 cm³/mol. The first kappa shape index (κ1) is 17.6. The van der Waals surface area contributed by atoms with E-state index in [1.165, 1.54) is 0 Å². The standard InChI is InChI=1S/C9H12Br2O.C7H8O/c1-5-4-9(3,11)8(12)6(2)7(5)10;8-6-7-4-2-1-3-5-7/h4,8,12H,1-3H3;1-5,8H,6H2. The summed E-state index contributed by atoms with van der Waals surface area (Å²) in [5.41, 5.74) is 3.11. The molecule has 2 atom stereocenters. The lowest BCUT2D eigenvalue weighted by atomic mass is 9.90. The molecule has 0 bridgehead atoms. The van der Waals surface area contributed by atoms with Crippen LogP contribution in [0.25, 0.3) is 0 Å². The average molecular weight is 404 g/mol. The molecule has 0 aromatic heterocycles. The summed E-state index contributed by atoms with van der Waals surface area (Å²) in [5.74, 6) is 0. The first-order valence-electron chi connectivity index (χ1n) is 6.37. The van der Waals surface area contributed by atoms with E-state index in [1.54, 1.807) is 0 Å². The fourth-order valence-corrected chi connectivity index (χ4v) is 3.02. The Morgan fingerprint density at radius 2 is 1.75 bits per heavy atom. The molecule has 1 aromatic carbocycles. The highest BCUT2D eigenvalue weighted by atomic mass is 79.9. The maximum Gasteiger partial charge on any atom is 0.0946 e. The van der Waals surface area contributed by atoms with Gasteiger partial charge < -0.3 is 10.2 Å². The van der Waals surface area contributed by atoms with Crippen LogP contribution in [0.3, 0.4) is 0 Å². The number of benzene rings is 1. The number of hydrogen-bond acceptors (Lipinski definition) is 2. The second kappa shape index (κ2) is 7.55. The molecule has 2 N–H and O–H groups in total. The monoisotopic (exact) mass is 402 g/mol. The maximum absolute atomic E-state index is 9.81. The molecule has 0 saturated carbocycles. The van der Waals surface area contributed by atoms with E-state index in [9.17, 15) is 5.11 Å². The van der Waals surface area contributed by atoms with Gasteiger partial charge in [0.15, 0.2) is 0 Å². The van der Waals surface area contributed by atoms with Gasteiger partial charge in [-0.25, -0.2) is 0 Å². The summed E-state index contributed by atoms with van der Waals surface area (Å²) < 4.78 is 0.699. The van der Waals surface area contributed by atoms with Gasteiger partial charge in [-0.3, -0.25) is 0 Å². The van der Waals surface area contributed by atoms with Gasteiger partial charge in [-0.05, 0) is 37.5 Å². The van der Waals surface area contributed by atoms with Crippen molar-refractivity contribution in [3.05, 3.63) is 57.6 Å². The first-order valence-corrected chi connectivity index (χ1v) is 7.96. The molecule has 20 heavy (non-hydrogen) atoms. The van der Waals surface area contributed by atoms with E-state index >= 15 is 0 Å². The van der Waals surface area contributed by atoms with Crippen LogP contribution in [0, 0.1) is 0 Å². The molecule has 2 rings (SSSR count). The van der Waals surface area contributed by atoms with Crippen molar-refractivity contribution >= 4 is 31.9 Å². The van der Waals surface area contributed by atoms with Crippen LogP contribution in [0.5, 0.6) is 0 Å². The van der Waals surface area contributed by atoms with E-state index in [-0.39, 0.29) is 10.9 Å². The summed E-state index contributed by atoms with van der Waals surface area (Å²) in [7, 11) is 0. The highest BCUT2D eigenvalue weighted by molar-refractivity contribution is 9.12. The SMILES string of the molecule is CC1=CC(C)(Br)C(O)C(C)=C1Br.OCc1ccccc1. The van der Waals surface area contributed by atoms with Crippen LogP contribution < -0.4 is 0 Å². The Morgan fingerprint density at radius 3 is 2.20 bits per heavy atom. The number of allylic oxidation sites excluding steroid dienone is 2. The molecular weight excluding hydrogens is 384 g/mol. The van der Waals surface area contributed by atoms with Gasteiger partial charge in [0.1, 0.15) is 0 Å². The number of rotatable bonds is 1. The fraction of sp³-hybridized carbons (Fsp3) is 0.375. The van der Waals surface area contributed by atoms with E-state index in [2.05, 4.69) is 31.9 Å². The van der Waals surface area contributed by atoms with Crippen LogP contribution in [0.4, 0.5) is 0 Å². The van der Waals surface area contributed by atoms with Crippen molar-refractivity contribution in [1.82, 2.24) is 0 Å². The molecule has 110 valence electrons. The Bertz CT molecular complexity index is 504. The van der Waals surface area contributed by atoms with Crippen molar-refractivity contribution in [2.24, 2.45) is 0 Å². The Balaban J connectivity index is 0.000000217. The first-order chi connectivity index (χ1) is 9.29. The smallest absolute Gasteiger partial charge is 0.0946 e. The van der Waals surface area contributed by atoms with Gasteiger partial charge in [0.05, 0.1) is 17.0 Å². The zero-order valence-electron chi connectivity index (χ0n) is 11.9. The number of hydrogen-bond donors (Lipinski definition) is 2. The summed E-state index contributed by atoms with van der Waals surface area (Å²) in [6, 6.07) is 9.52. The van der Waals surface area contributed by atoms with Crippen LogP contribution in [0.1, 0.15) is 26.3 Å². The van der Waals surface area contributed by atoms with Crippen molar-refractivity contribution in [1.29, 1.82) is 0 Å². The van der Waals surface area contributed by atoms with Crippen molar-refractivity contribution in [2.75, 3.05) is 0 Å². The van der Waals surface area contributed by atoms with Gasteiger partial charge in [0.2, 0.25) is 0 Å². The second-order valence-electron chi connectivity index (χ2n) is 5.02. The summed E-state index contributed by atoms with van der Waals surface area (Å²) in [6.45, 7) is 6.06. The predicted octanol–water partition coefficient (Wildman–Crippen LogP) is 4.31. The minimum Gasteiger partial charge on any atom is -0.392 e. The third-order valence-corrected chi connectivity index (χ3v) is 5.07. The lowest BCUT2D eigenvalue weighted by Crippen LogP contribution is -2.35. The summed E-state index contributed by atoms with van der Waals surface area (Å²) in [4.78, 5) is 0. The molecule has 0 fully saturated rings. The molecule has 1 aliphatic rings. The Morgan fingerprint density at radius 1 is 1.20 bits per heavy atom. The third-order valence-electron chi connectivity index (χ3n) is 3.16. The topological polar surface area (TPSA) is 40.5 Å². The van der Waals surface area contributed by atoms with Gasteiger partial charge in [0.25, 0.3) is 0 Å². The molecule has 0 radical (unpaired) electrons. The minimum atomic E-state index is -0.449. The van der Waals surface area contributed by atoms with Crippen molar-refractivity contribution in [3.63, 3.8) is 0 Å². The van der Waals surface area contributed by atoms with Crippen LogP contribution in [-0.4, -0.2) is 20.6 Å². The van der Waals surface area contributed by atoms with Crippen LogP contribution >= 0.6 is 31.9 Å². The summed E-state index contributed by atoms with van der Waals surface area (Å²) in [6.07, 6.45) is 1.57. The molecule has 1 aliphatic carbocycles. The van der Waals surface area contributed by atoms with Crippen LogP contribution in [0.15, 0.2) is 52.0 Å². The zero-order valence-corrected chi connectivity index (χ0v) is 15.1. The van der Waals surface area contributed by atoms with Crippen molar-refractivity contribution in [3.8, 4) is 0 Å².